The third kappa shape index (κ3) is 35.1. The van der Waals surface area contributed by atoms with Crippen LogP contribution in [0.4, 0.5) is 0 Å². The lowest BCUT2D eigenvalue weighted by Crippen LogP contribution is -2.51. The number of nitrogens with zero attached hydrogens (tertiary/aromatic N) is 1. The average molecular weight is 817 g/mol. The van der Waals surface area contributed by atoms with Crippen molar-refractivity contribution in [2.45, 2.75) is 141 Å². The molecule has 0 aromatic heterocycles. The van der Waals surface area contributed by atoms with Crippen LogP contribution >= 0.6 is 0 Å². The van der Waals surface area contributed by atoms with E-state index in [1.807, 2.05) is 0 Å². The Hall–Kier alpha value is -3.87. The first kappa shape index (κ1) is 53.1. The predicted octanol–water partition coefficient (Wildman–Crippen LogP) is 2.17. The Morgan fingerprint density at radius 3 is 1.61 bits per heavy atom. The molecule has 0 aliphatic carbocycles. The molecule has 0 aromatic carbocycles. The number of rotatable bonds is 41. The number of likely N-dealkylation sites (N-methyl/N-ethyl adjacent to an activating group) is 1. The van der Waals surface area contributed by atoms with Crippen molar-refractivity contribution in [1.29, 1.82) is 0 Å². The van der Waals surface area contributed by atoms with Crippen LogP contribution < -0.4 is 27.0 Å². The molecule has 0 unspecified atom stereocenters. The molecule has 2 atom stereocenters. The molecule has 0 saturated carbocycles. The van der Waals surface area contributed by atoms with E-state index < -0.39 is 54.9 Å². The van der Waals surface area contributed by atoms with Crippen molar-refractivity contribution < 1.29 is 58.4 Å². The Kier molecular flexibility index (Phi) is 34.0. The van der Waals surface area contributed by atoms with Crippen LogP contribution in [-0.4, -0.2) is 140 Å². The summed E-state index contributed by atoms with van der Waals surface area (Å²) in [5.74, 6) is -4.35. The second kappa shape index (κ2) is 36.5. The van der Waals surface area contributed by atoms with Gasteiger partial charge in [0.05, 0.1) is 39.0 Å². The van der Waals surface area contributed by atoms with Crippen molar-refractivity contribution in [3.05, 3.63) is 0 Å². The van der Waals surface area contributed by atoms with E-state index in [4.69, 9.17) is 30.5 Å². The summed E-state index contributed by atoms with van der Waals surface area (Å²) < 4.78 is 10.8. The van der Waals surface area contributed by atoms with Gasteiger partial charge in [-0.15, -0.1) is 0 Å². The normalized spacial score (nSPS) is 12.2. The number of carbonyl (C=O) groups excluding carboxylic acids is 4. The quantitative estimate of drug-likeness (QED) is 0.0411. The van der Waals surface area contributed by atoms with Crippen molar-refractivity contribution >= 4 is 41.5 Å². The highest BCUT2D eigenvalue weighted by molar-refractivity contribution is 5.89. The summed E-state index contributed by atoms with van der Waals surface area (Å²) in [5, 5.41) is 37.7. The van der Waals surface area contributed by atoms with Gasteiger partial charge in [0.2, 0.25) is 23.6 Å². The van der Waals surface area contributed by atoms with Crippen molar-refractivity contribution in [3.63, 3.8) is 0 Å². The molecule has 4 amide bonds. The van der Waals surface area contributed by atoms with Crippen LogP contribution in [0.15, 0.2) is 0 Å². The van der Waals surface area contributed by atoms with Gasteiger partial charge in [0, 0.05) is 25.9 Å². The standard InChI is InChI=1S/C39H72N6O12/c1-41-32(19-15-17-24-45(28-36(50)51)29-37(52)53)39(55)44-31(38(40)54)18-14-16-22-42-34(47)30-57-27-26-56-25-23-43-33(46)20-12-10-8-6-4-2-3-5-7-9-11-13-21-35(48)49/h31-32,41H,2-30H2,1H3,(H2,40,54)(H,42,47)(H,43,46)(H,44,55)(H,48,49)(H,50,51)(H,52,53)/t31-,32-/m0/s1. The second-order valence-electron chi connectivity index (χ2n) is 14.3. The zero-order valence-electron chi connectivity index (χ0n) is 34.2. The number of ether oxygens (including phenoxy) is 2. The molecule has 0 rings (SSSR count). The van der Waals surface area contributed by atoms with Gasteiger partial charge in [-0.2, -0.15) is 0 Å². The molecule has 0 spiro atoms. The summed E-state index contributed by atoms with van der Waals surface area (Å²) in [6.45, 7) is 0.909. The van der Waals surface area contributed by atoms with E-state index in [0.717, 1.165) is 38.5 Å². The van der Waals surface area contributed by atoms with E-state index in [2.05, 4.69) is 21.3 Å². The van der Waals surface area contributed by atoms with Crippen LogP contribution in [0.25, 0.3) is 0 Å². The zero-order chi connectivity index (χ0) is 42.5. The number of nitrogens with one attached hydrogen (secondary N) is 4. The van der Waals surface area contributed by atoms with Crippen molar-refractivity contribution in [2.75, 3.05) is 66.2 Å². The summed E-state index contributed by atoms with van der Waals surface area (Å²) in [5.41, 5.74) is 5.50. The molecule has 0 fully saturated rings. The molecular formula is C39H72N6O12. The lowest BCUT2D eigenvalue weighted by molar-refractivity contribution is -0.142. The summed E-state index contributed by atoms with van der Waals surface area (Å²) in [7, 11) is 1.60. The van der Waals surface area contributed by atoms with Crippen LogP contribution in [0.5, 0.6) is 0 Å². The maximum absolute atomic E-state index is 12.8. The van der Waals surface area contributed by atoms with E-state index in [1.54, 1.807) is 7.05 Å². The number of carbonyl (C=O) groups is 7. The molecule has 0 saturated heterocycles. The maximum atomic E-state index is 12.8. The lowest BCUT2D eigenvalue weighted by atomic mass is 10.0. The fraction of sp³-hybridized carbons (Fsp3) is 0.821. The summed E-state index contributed by atoms with van der Waals surface area (Å²) >= 11 is 0. The van der Waals surface area contributed by atoms with Crippen molar-refractivity contribution in [1.82, 2.24) is 26.2 Å². The van der Waals surface area contributed by atoms with Gasteiger partial charge in [0.25, 0.3) is 0 Å². The number of hydrogen-bond acceptors (Lipinski definition) is 11. The van der Waals surface area contributed by atoms with Crippen molar-refractivity contribution in [2.24, 2.45) is 5.73 Å². The number of unbranched alkanes of at least 4 members (excludes halogenated alkanes) is 13. The van der Waals surface area contributed by atoms with Gasteiger partial charge in [0.1, 0.15) is 12.6 Å². The van der Waals surface area contributed by atoms with E-state index in [9.17, 15) is 33.6 Å². The fourth-order valence-electron chi connectivity index (χ4n) is 6.06. The SMILES string of the molecule is CN[C@@H](CCCCN(CC(=O)O)CC(=O)O)C(=O)N[C@@H](CCCCNC(=O)COCCOCCNC(=O)CCCCCCCCCCCCCCC(=O)O)C(N)=O. The van der Waals surface area contributed by atoms with Crippen LogP contribution in [0.3, 0.4) is 0 Å². The Morgan fingerprint density at radius 2 is 1.07 bits per heavy atom. The van der Waals surface area contributed by atoms with E-state index in [-0.39, 0.29) is 51.0 Å². The van der Waals surface area contributed by atoms with Gasteiger partial charge < -0.3 is 51.8 Å². The van der Waals surface area contributed by atoms with Gasteiger partial charge in [-0.1, -0.05) is 70.6 Å². The Labute approximate surface area is 338 Å². The second-order valence-corrected chi connectivity index (χ2v) is 14.3. The Bertz CT molecular complexity index is 1130. The number of aliphatic carboxylic acids is 3. The average Bonchev–Trinajstić information content (AvgIpc) is 3.14. The minimum absolute atomic E-state index is 0.0111. The molecule has 0 aliphatic heterocycles. The predicted molar refractivity (Wildman–Crippen MR) is 213 cm³/mol. The van der Waals surface area contributed by atoms with Crippen molar-refractivity contribution in [3.8, 4) is 0 Å². The van der Waals surface area contributed by atoms with Crippen LogP contribution in [0.2, 0.25) is 0 Å². The molecule has 0 aromatic rings. The highest BCUT2D eigenvalue weighted by Crippen LogP contribution is 2.13. The summed E-state index contributed by atoms with van der Waals surface area (Å²) in [6.07, 6.45) is 16.7. The number of nitrogens with two attached hydrogens (primary N) is 1. The topological polar surface area (TPSA) is 276 Å². The largest absolute Gasteiger partial charge is 0.481 e. The van der Waals surface area contributed by atoms with Gasteiger partial charge in [-0.25, -0.2) is 0 Å². The minimum atomic E-state index is -1.13. The summed E-state index contributed by atoms with van der Waals surface area (Å²) in [4.78, 5) is 82.6. The molecule has 0 heterocycles. The molecule has 0 radical (unpaired) electrons. The van der Waals surface area contributed by atoms with E-state index in [1.165, 1.54) is 43.4 Å². The van der Waals surface area contributed by atoms with Gasteiger partial charge in [-0.05, 0) is 58.5 Å². The van der Waals surface area contributed by atoms with E-state index in [0.29, 0.717) is 58.2 Å². The van der Waals surface area contributed by atoms with Crippen LogP contribution in [0, 0.1) is 0 Å². The molecular weight excluding hydrogens is 744 g/mol. The maximum Gasteiger partial charge on any atom is 0.317 e. The molecule has 0 aliphatic rings. The molecule has 18 nitrogen and oxygen atoms in total. The first-order valence-corrected chi connectivity index (χ1v) is 20.7. The first-order valence-electron chi connectivity index (χ1n) is 20.7. The third-order valence-electron chi connectivity index (χ3n) is 9.22. The molecule has 9 N–H and O–H groups in total. The smallest absolute Gasteiger partial charge is 0.317 e. The molecule has 18 heteroatoms. The van der Waals surface area contributed by atoms with Gasteiger partial charge in [0.15, 0.2) is 0 Å². The molecule has 0 bridgehead atoms. The highest BCUT2D eigenvalue weighted by Gasteiger charge is 2.23. The lowest BCUT2D eigenvalue weighted by Gasteiger charge is -2.21. The first-order chi connectivity index (χ1) is 27.3. The Balaban J connectivity index is 3.84. The van der Waals surface area contributed by atoms with E-state index >= 15 is 0 Å². The fourth-order valence-corrected chi connectivity index (χ4v) is 6.06. The Morgan fingerprint density at radius 1 is 0.561 bits per heavy atom. The van der Waals surface area contributed by atoms with Gasteiger partial charge in [-0.3, -0.25) is 38.5 Å². The zero-order valence-corrected chi connectivity index (χ0v) is 34.2. The monoisotopic (exact) mass is 817 g/mol. The van der Waals surface area contributed by atoms with Gasteiger partial charge >= 0.3 is 17.9 Å². The molecule has 330 valence electrons. The number of carboxylic acids is 3. The number of hydrogen-bond donors (Lipinski definition) is 8. The summed E-state index contributed by atoms with van der Waals surface area (Å²) in [6, 6.07) is -1.53. The number of amides is 4. The molecule has 57 heavy (non-hydrogen) atoms. The minimum Gasteiger partial charge on any atom is -0.481 e. The van der Waals surface area contributed by atoms with Crippen LogP contribution in [-0.2, 0) is 43.0 Å². The number of carboxylic acid groups (broad SMARTS) is 3. The van der Waals surface area contributed by atoms with Crippen LogP contribution in [0.1, 0.15) is 128 Å². The third-order valence-corrected chi connectivity index (χ3v) is 9.22. The number of primary amides is 1. The highest BCUT2D eigenvalue weighted by atomic mass is 16.5.